The fraction of sp³-hybridized carbons (Fsp3) is 0.484. The summed E-state index contributed by atoms with van der Waals surface area (Å²) in [4.78, 5) is 0. The van der Waals surface area contributed by atoms with E-state index in [9.17, 15) is 5.53 Å². The Morgan fingerprint density at radius 1 is 0.636 bits per heavy atom. The molecule has 2 nitrogen and oxygen atoms in total. The van der Waals surface area contributed by atoms with Gasteiger partial charge in [-0.15, -0.1) is 0 Å². The van der Waals surface area contributed by atoms with E-state index in [1.165, 1.54) is 59.1 Å². The van der Waals surface area contributed by atoms with Crippen LogP contribution in [0.5, 0.6) is 0 Å². The number of aryl methyl sites for hydroxylation is 2. The van der Waals surface area contributed by atoms with E-state index in [-0.39, 0.29) is 0 Å². The van der Waals surface area contributed by atoms with Gasteiger partial charge in [0, 0.05) is 22.3 Å². The van der Waals surface area contributed by atoms with Gasteiger partial charge >= 0.3 is 0 Å². The summed E-state index contributed by atoms with van der Waals surface area (Å²) in [5.41, 5.74) is 21.2. The van der Waals surface area contributed by atoms with E-state index in [1.807, 2.05) is 0 Å². The highest BCUT2D eigenvalue weighted by molar-refractivity contribution is 5.82. The summed E-state index contributed by atoms with van der Waals surface area (Å²) in [6, 6.07) is 17.5. The molecule has 1 heterocycles. The molecular weight excluding hydrogens is 400 g/mol. The van der Waals surface area contributed by atoms with Crippen LogP contribution in [0.2, 0.25) is 0 Å². The van der Waals surface area contributed by atoms with Crippen LogP contribution >= 0.6 is 0 Å². The summed E-state index contributed by atoms with van der Waals surface area (Å²) in [7, 11) is 0. The third-order valence-electron chi connectivity index (χ3n) is 6.73. The van der Waals surface area contributed by atoms with Gasteiger partial charge in [0.05, 0.1) is 0 Å². The molecule has 33 heavy (non-hydrogen) atoms. The van der Waals surface area contributed by atoms with Crippen molar-refractivity contribution < 1.29 is 4.70 Å². The van der Waals surface area contributed by atoms with Gasteiger partial charge in [0.1, 0.15) is 0 Å². The molecule has 0 N–H and O–H groups in total. The van der Waals surface area contributed by atoms with Gasteiger partial charge in [-0.2, -0.15) is 0 Å². The fourth-order valence-electron chi connectivity index (χ4n) is 4.94. The average molecular weight is 443 g/mol. The Labute approximate surface area is 201 Å². The van der Waals surface area contributed by atoms with Crippen LogP contribution in [-0.2, 0) is 6.42 Å². The van der Waals surface area contributed by atoms with Crippen LogP contribution in [0.15, 0.2) is 59.7 Å². The molecule has 3 rings (SSSR count). The van der Waals surface area contributed by atoms with Crippen LogP contribution in [-0.4, -0.2) is 4.70 Å². The van der Waals surface area contributed by atoms with Crippen molar-refractivity contribution in [3.05, 3.63) is 87.5 Å². The number of benzene rings is 2. The summed E-state index contributed by atoms with van der Waals surface area (Å²) in [6.07, 6.45) is 12.7. The van der Waals surface area contributed by atoms with Crippen LogP contribution in [0, 0.1) is 6.92 Å². The highest BCUT2D eigenvalue weighted by atomic mass is 15.2. The molecule has 0 fully saturated rings. The first-order valence-electron chi connectivity index (χ1n) is 13.2. The number of hydrogen-bond acceptors (Lipinski definition) is 0. The molecule has 0 spiro atoms. The molecule has 176 valence electrons. The molecule has 2 aromatic carbocycles. The van der Waals surface area contributed by atoms with Gasteiger partial charge < -0.3 is 5.53 Å². The Hall–Kier alpha value is -2.48. The first kappa shape index (κ1) is 25.1. The van der Waals surface area contributed by atoms with Crippen LogP contribution in [0.1, 0.15) is 107 Å². The number of hydrogen-bond donors (Lipinski definition) is 0. The highest BCUT2D eigenvalue weighted by Crippen LogP contribution is 2.44. The second-order valence-corrected chi connectivity index (χ2v) is 9.55. The molecule has 0 aromatic heterocycles. The molecule has 2 heteroatoms. The van der Waals surface area contributed by atoms with E-state index in [0.29, 0.717) is 0 Å². The van der Waals surface area contributed by atoms with Crippen molar-refractivity contribution in [2.45, 2.75) is 98.3 Å². The second-order valence-electron chi connectivity index (χ2n) is 9.55. The first-order chi connectivity index (χ1) is 16.1. The molecule has 0 bridgehead atoms. The molecule has 0 radical (unpaired) electrons. The summed E-state index contributed by atoms with van der Waals surface area (Å²) in [5.74, 6) is 0. The van der Waals surface area contributed by atoms with Crippen LogP contribution < -0.4 is 0 Å². The summed E-state index contributed by atoms with van der Waals surface area (Å²) >= 11 is 0. The minimum Gasteiger partial charge on any atom is -0.493 e. The van der Waals surface area contributed by atoms with Crippen molar-refractivity contribution in [1.29, 1.82) is 0 Å². The second kappa shape index (κ2) is 12.7. The highest BCUT2D eigenvalue weighted by Gasteiger charge is 2.35. The molecule has 1 aliphatic heterocycles. The lowest BCUT2D eigenvalue weighted by Crippen LogP contribution is -2.03. The Bertz CT molecular complexity index is 1010. The topological polar surface area (TPSA) is 25.3 Å². The average Bonchev–Trinajstić information content (AvgIpc) is 3.09. The smallest absolute Gasteiger partial charge is 0.211 e. The van der Waals surface area contributed by atoms with Gasteiger partial charge in [0.15, 0.2) is 0 Å². The predicted molar refractivity (Wildman–Crippen MR) is 142 cm³/mol. The lowest BCUT2D eigenvalue weighted by Gasteiger charge is -2.11. The van der Waals surface area contributed by atoms with E-state index in [0.717, 1.165) is 61.0 Å². The molecule has 0 saturated heterocycles. The predicted octanol–water partition coefficient (Wildman–Crippen LogP) is 9.67. The Morgan fingerprint density at radius 2 is 1.18 bits per heavy atom. The first-order valence-corrected chi connectivity index (χ1v) is 13.2. The molecule has 0 atom stereocenters. The van der Waals surface area contributed by atoms with Gasteiger partial charge in [0.2, 0.25) is 11.4 Å². The Morgan fingerprint density at radius 3 is 1.79 bits per heavy atom. The zero-order chi connectivity index (χ0) is 23.6. The van der Waals surface area contributed by atoms with Gasteiger partial charge in [-0.25, -0.2) is 4.70 Å². The summed E-state index contributed by atoms with van der Waals surface area (Å²) in [6.45, 7) is 8.89. The van der Waals surface area contributed by atoms with Crippen molar-refractivity contribution in [3.8, 4) is 0 Å². The largest absolute Gasteiger partial charge is 0.493 e. The molecule has 0 aliphatic carbocycles. The minimum absolute atomic E-state index is 0.991. The maximum Gasteiger partial charge on any atom is 0.211 e. The quantitative estimate of drug-likeness (QED) is 0.218. The van der Waals surface area contributed by atoms with E-state index < -0.39 is 0 Å². The van der Waals surface area contributed by atoms with Crippen LogP contribution in [0.3, 0.4) is 0 Å². The van der Waals surface area contributed by atoms with E-state index in [2.05, 4.69) is 76.2 Å². The lowest BCUT2D eigenvalue weighted by molar-refractivity contribution is -0.345. The lowest BCUT2D eigenvalue weighted by atomic mass is 9.91. The van der Waals surface area contributed by atoms with Gasteiger partial charge in [-0.1, -0.05) is 82.7 Å². The zero-order valence-corrected chi connectivity index (χ0v) is 21.3. The van der Waals surface area contributed by atoms with Crippen molar-refractivity contribution in [3.63, 3.8) is 0 Å². The fourth-order valence-corrected chi connectivity index (χ4v) is 4.94. The maximum absolute atomic E-state index is 11.7. The maximum atomic E-state index is 11.7. The van der Waals surface area contributed by atoms with Gasteiger partial charge in [-0.05, 0) is 75.3 Å². The van der Waals surface area contributed by atoms with Crippen molar-refractivity contribution >= 4 is 11.4 Å². The minimum atomic E-state index is 0.991. The normalized spacial score (nSPS) is 14.0. The summed E-state index contributed by atoms with van der Waals surface area (Å²) < 4.78 is 1.52. The van der Waals surface area contributed by atoms with E-state index >= 15 is 0 Å². The van der Waals surface area contributed by atoms with Crippen molar-refractivity contribution in [1.82, 2.24) is 0 Å². The van der Waals surface area contributed by atoms with Crippen LogP contribution in [0.25, 0.3) is 16.9 Å². The molecule has 1 aliphatic rings. The van der Waals surface area contributed by atoms with Gasteiger partial charge in [-0.3, -0.25) is 0 Å². The molecule has 0 saturated carbocycles. The zero-order valence-electron chi connectivity index (χ0n) is 21.3. The monoisotopic (exact) mass is 442 g/mol. The van der Waals surface area contributed by atoms with Crippen molar-refractivity contribution in [2.24, 2.45) is 0 Å². The summed E-state index contributed by atoms with van der Waals surface area (Å²) in [5, 5.41) is 0. The Balaban J connectivity index is 2.08. The van der Waals surface area contributed by atoms with Crippen LogP contribution in [0.4, 0.5) is 0 Å². The Kier molecular flexibility index (Phi) is 9.66. The number of nitrogens with zero attached hydrogens (tertiary/aromatic N) is 2. The van der Waals surface area contributed by atoms with E-state index in [1.54, 1.807) is 0 Å². The number of allylic oxidation sites excluding steroid dienone is 2. The molecule has 0 amide bonds. The van der Waals surface area contributed by atoms with E-state index in [4.69, 9.17) is 0 Å². The standard InChI is InChI=1S/C31H42N2/c1-5-8-11-16-25-17-14-19-27(23-25)31-29(21-12-9-6-2)28(20-10-7-3)30(33(31)32)26-18-13-15-24(4)22-26/h13-15,17-19,22-23H,5-12,16,20-21H2,1-4H3. The third-order valence-corrected chi connectivity index (χ3v) is 6.73. The molecule has 0 unspecified atom stereocenters. The number of rotatable bonds is 13. The molecule has 2 aromatic rings. The van der Waals surface area contributed by atoms with Gasteiger partial charge in [0.25, 0.3) is 0 Å². The van der Waals surface area contributed by atoms with Crippen molar-refractivity contribution in [2.75, 3.05) is 0 Å². The SMILES string of the molecule is CCCCCC1=C(c2cccc(CCCCC)c2)[N+](=[N-])C(c2cccc(C)c2)=C1CCCC. The number of unbranched alkanes of at least 4 members (excludes halogenated alkanes) is 5. The molecular formula is C31H42N2. The third kappa shape index (κ3) is 6.31.